The second kappa shape index (κ2) is 5.33. The van der Waals surface area contributed by atoms with E-state index in [9.17, 15) is 8.42 Å². The first-order chi connectivity index (χ1) is 8.15. The zero-order valence-corrected chi connectivity index (χ0v) is 12.0. The third-order valence-corrected chi connectivity index (χ3v) is 2.94. The smallest absolute Gasteiger partial charge is 0.273 e. The molecule has 0 saturated heterocycles. The lowest BCUT2D eigenvalue weighted by molar-refractivity contribution is -0.0196. The number of aromatic nitrogens is 3. The third-order valence-electron chi connectivity index (χ3n) is 2.13. The molecular formula is C10H20N4O3S. The second-order valence-corrected chi connectivity index (χ2v) is 6.45. The maximum atomic E-state index is 11.4. The zero-order valence-electron chi connectivity index (χ0n) is 11.2. The van der Waals surface area contributed by atoms with Crippen LogP contribution in [0.15, 0.2) is 5.16 Å². The molecule has 0 bridgehead atoms. The molecule has 0 atom stereocenters. The summed E-state index contributed by atoms with van der Waals surface area (Å²) in [4.78, 5) is 0. The lowest BCUT2D eigenvalue weighted by atomic mass is 10.2. The molecule has 0 fully saturated rings. The van der Waals surface area contributed by atoms with E-state index in [0.29, 0.717) is 12.4 Å². The molecule has 2 N–H and O–H groups in total. The monoisotopic (exact) mass is 276 g/mol. The van der Waals surface area contributed by atoms with E-state index >= 15 is 0 Å². The van der Waals surface area contributed by atoms with Crippen LogP contribution < -0.4 is 5.14 Å². The highest BCUT2D eigenvalue weighted by atomic mass is 32.2. The fraction of sp³-hybridized carbons (Fsp3) is 0.800. The van der Waals surface area contributed by atoms with Crippen LogP contribution in [0.25, 0.3) is 0 Å². The molecule has 0 saturated carbocycles. The summed E-state index contributed by atoms with van der Waals surface area (Å²) in [5.74, 6) is 0.468. The third kappa shape index (κ3) is 4.04. The fourth-order valence-corrected chi connectivity index (χ4v) is 2.02. The average Bonchev–Trinajstić information content (AvgIpc) is 2.57. The Bertz CT molecular complexity index is 502. The van der Waals surface area contributed by atoms with E-state index in [1.807, 2.05) is 27.7 Å². The first kappa shape index (κ1) is 15.1. The molecule has 1 aromatic rings. The summed E-state index contributed by atoms with van der Waals surface area (Å²) in [6.07, 6.45) is 0.753. The van der Waals surface area contributed by atoms with Gasteiger partial charge in [0.05, 0.1) is 5.60 Å². The molecule has 0 aliphatic rings. The van der Waals surface area contributed by atoms with Crippen molar-refractivity contribution in [3.63, 3.8) is 0 Å². The lowest BCUT2D eigenvalue weighted by Crippen LogP contribution is -2.22. The molecule has 8 heteroatoms. The second-order valence-electron chi connectivity index (χ2n) is 5.00. The van der Waals surface area contributed by atoms with Crippen molar-refractivity contribution in [3.05, 3.63) is 5.82 Å². The summed E-state index contributed by atoms with van der Waals surface area (Å²) in [6.45, 7) is 8.35. The Hall–Kier alpha value is -0.990. The number of nitrogens with two attached hydrogens (primary N) is 1. The molecule has 0 aromatic carbocycles. The van der Waals surface area contributed by atoms with Crippen LogP contribution in [0.1, 0.15) is 39.9 Å². The highest BCUT2D eigenvalue weighted by Gasteiger charge is 2.21. The van der Waals surface area contributed by atoms with E-state index in [4.69, 9.17) is 9.88 Å². The van der Waals surface area contributed by atoms with Crippen molar-refractivity contribution in [3.8, 4) is 0 Å². The number of hydrogen-bond donors (Lipinski definition) is 1. The summed E-state index contributed by atoms with van der Waals surface area (Å²) < 4.78 is 29.8. The summed E-state index contributed by atoms with van der Waals surface area (Å²) in [5.41, 5.74) is -0.329. The van der Waals surface area contributed by atoms with Crippen LogP contribution in [-0.4, -0.2) is 28.8 Å². The van der Waals surface area contributed by atoms with Crippen LogP contribution in [0.4, 0.5) is 0 Å². The molecule has 0 amide bonds. The van der Waals surface area contributed by atoms with Gasteiger partial charge in [0.2, 0.25) is 0 Å². The van der Waals surface area contributed by atoms with E-state index < -0.39 is 10.0 Å². The Kier molecular flexibility index (Phi) is 4.46. The maximum Gasteiger partial charge on any atom is 0.273 e. The Balaban J connectivity index is 3.03. The molecule has 0 unspecified atom stereocenters. The summed E-state index contributed by atoms with van der Waals surface area (Å²) >= 11 is 0. The molecule has 104 valence electrons. The fourth-order valence-electron chi connectivity index (χ4n) is 1.37. The van der Waals surface area contributed by atoms with Gasteiger partial charge in [-0.2, -0.15) is 0 Å². The molecule has 1 aromatic heterocycles. The van der Waals surface area contributed by atoms with Crippen LogP contribution in [0.5, 0.6) is 0 Å². The molecule has 1 heterocycles. The van der Waals surface area contributed by atoms with Crippen LogP contribution in [-0.2, 0) is 27.9 Å². The molecule has 7 nitrogen and oxygen atoms in total. The van der Waals surface area contributed by atoms with E-state index in [1.54, 1.807) is 0 Å². The van der Waals surface area contributed by atoms with Gasteiger partial charge in [-0.1, -0.05) is 6.92 Å². The van der Waals surface area contributed by atoms with Crippen molar-refractivity contribution in [1.82, 2.24) is 14.8 Å². The maximum absolute atomic E-state index is 11.4. The molecule has 0 spiro atoms. The van der Waals surface area contributed by atoms with Crippen LogP contribution >= 0.6 is 0 Å². The van der Waals surface area contributed by atoms with E-state index in [-0.39, 0.29) is 17.4 Å². The van der Waals surface area contributed by atoms with Gasteiger partial charge >= 0.3 is 0 Å². The van der Waals surface area contributed by atoms with Crippen LogP contribution in [0.3, 0.4) is 0 Å². The predicted molar refractivity (Wildman–Crippen MR) is 66.2 cm³/mol. The SMILES string of the molecule is CCCn1c(COC(C)(C)C)nnc1S(N)(=O)=O. The Morgan fingerprint density at radius 1 is 1.33 bits per heavy atom. The normalized spacial score (nSPS) is 12.9. The number of nitrogens with zero attached hydrogens (tertiary/aromatic N) is 3. The topological polar surface area (TPSA) is 100 Å². The van der Waals surface area contributed by atoms with Crippen molar-refractivity contribution in [2.24, 2.45) is 5.14 Å². The molecule has 0 aliphatic heterocycles. The molecule has 0 aliphatic carbocycles. The summed E-state index contributed by atoms with van der Waals surface area (Å²) in [5, 5.41) is 12.3. The molecular weight excluding hydrogens is 256 g/mol. The van der Waals surface area contributed by atoms with Gasteiger partial charge < -0.3 is 4.74 Å². The molecule has 0 radical (unpaired) electrons. The van der Waals surface area contributed by atoms with Gasteiger partial charge in [0.25, 0.3) is 15.2 Å². The van der Waals surface area contributed by atoms with E-state index in [2.05, 4.69) is 10.2 Å². The standard InChI is InChI=1S/C10H20N4O3S/c1-5-6-14-8(7-17-10(2,3)4)12-13-9(14)18(11,15)16/h5-7H2,1-4H3,(H2,11,15,16). The number of hydrogen-bond acceptors (Lipinski definition) is 5. The number of primary sulfonamides is 1. The van der Waals surface area contributed by atoms with Gasteiger partial charge in [-0.15, -0.1) is 10.2 Å². The zero-order chi connectivity index (χ0) is 14.0. The number of ether oxygens (including phenoxy) is 1. The highest BCUT2D eigenvalue weighted by molar-refractivity contribution is 7.89. The van der Waals surface area contributed by atoms with Gasteiger partial charge in [0.15, 0.2) is 5.82 Å². The molecule has 18 heavy (non-hydrogen) atoms. The van der Waals surface area contributed by atoms with E-state index in [0.717, 1.165) is 6.42 Å². The number of rotatable bonds is 5. The van der Waals surface area contributed by atoms with E-state index in [1.165, 1.54) is 4.57 Å². The van der Waals surface area contributed by atoms with Crippen LogP contribution in [0.2, 0.25) is 0 Å². The quantitative estimate of drug-likeness (QED) is 0.851. The first-order valence-corrected chi connectivity index (χ1v) is 7.28. The Morgan fingerprint density at radius 3 is 2.39 bits per heavy atom. The minimum atomic E-state index is -3.85. The van der Waals surface area contributed by atoms with Gasteiger partial charge in [-0.25, -0.2) is 13.6 Å². The highest BCUT2D eigenvalue weighted by Crippen LogP contribution is 2.13. The first-order valence-electron chi connectivity index (χ1n) is 5.74. The largest absolute Gasteiger partial charge is 0.368 e. The van der Waals surface area contributed by atoms with Crippen molar-refractivity contribution < 1.29 is 13.2 Å². The summed E-state index contributed by atoms with van der Waals surface area (Å²) in [7, 11) is -3.85. The Labute approximate surface area is 107 Å². The van der Waals surface area contributed by atoms with Gasteiger partial charge in [0.1, 0.15) is 6.61 Å². The van der Waals surface area contributed by atoms with Crippen molar-refractivity contribution in [1.29, 1.82) is 0 Å². The van der Waals surface area contributed by atoms with Crippen LogP contribution in [0, 0.1) is 0 Å². The van der Waals surface area contributed by atoms with Crippen molar-refractivity contribution >= 4 is 10.0 Å². The minimum Gasteiger partial charge on any atom is -0.368 e. The lowest BCUT2D eigenvalue weighted by Gasteiger charge is -2.19. The van der Waals surface area contributed by atoms with Gasteiger partial charge in [0, 0.05) is 6.54 Å². The van der Waals surface area contributed by atoms with Crippen molar-refractivity contribution in [2.45, 2.75) is 58.0 Å². The molecule has 1 rings (SSSR count). The summed E-state index contributed by atoms with van der Waals surface area (Å²) in [6, 6.07) is 0. The van der Waals surface area contributed by atoms with Gasteiger partial charge in [-0.05, 0) is 27.2 Å². The predicted octanol–water partition coefficient (Wildman–Crippen LogP) is 0.651. The average molecular weight is 276 g/mol. The Morgan fingerprint density at radius 2 is 1.94 bits per heavy atom. The van der Waals surface area contributed by atoms with Gasteiger partial charge in [-0.3, -0.25) is 4.57 Å². The number of sulfonamides is 1. The minimum absolute atomic E-state index is 0.200. The van der Waals surface area contributed by atoms with Crippen molar-refractivity contribution in [2.75, 3.05) is 0 Å².